The molecule has 1 amide bonds. The zero-order valence-corrected chi connectivity index (χ0v) is 13.2. The van der Waals surface area contributed by atoms with Gasteiger partial charge in [0, 0.05) is 37.4 Å². The predicted molar refractivity (Wildman–Crippen MR) is 84.0 cm³/mol. The molecule has 0 saturated carbocycles. The number of amides is 1. The Labute approximate surface area is 129 Å². The normalized spacial score (nSPS) is 10.7. The number of halogens is 1. The molecule has 0 unspecified atom stereocenters. The van der Waals surface area contributed by atoms with Crippen LogP contribution in [0.4, 0.5) is 0 Å². The summed E-state index contributed by atoms with van der Waals surface area (Å²) >= 11 is 6.28. The number of carbonyl (C=O) groups excluding carboxylic acids is 1. The standard InChI is InChI=1S/C15H19ClN4O/c1-4-17-10-11-12(16)6-5-7-14(11)20-9-8-13(18-20)15(21)19(2)3/h5-9,17H,4,10H2,1-3H3. The van der Waals surface area contributed by atoms with Gasteiger partial charge < -0.3 is 10.2 Å². The summed E-state index contributed by atoms with van der Waals surface area (Å²) in [5.41, 5.74) is 2.25. The van der Waals surface area contributed by atoms with Crippen LogP contribution in [0.2, 0.25) is 5.02 Å². The largest absolute Gasteiger partial charge is 0.343 e. The second-order valence-corrected chi connectivity index (χ2v) is 5.27. The molecule has 0 bridgehead atoms. The first-order chi connectivity index (χ1) is 10.0. The molecule has 0 aliphatic rings. The van der Waals surface area contributed by atoms with E-state index >= 15 is 0 Å². The Morgan fingerprint density at radius 1 is 1.38 bits per heavy atom. The summed E-state index contributed by atoms with van der Waals surface area (Å²) < 4.78 is 1.69. The average Bonchev–Trinajstić information content (AvgIpc) is 2.94. The van der Waals surface area contributed by atoms with Gasteiger partial charge in [-0.1, -0.05) is 24.6 Å². The fourth-order valence-electron chi connectivity index (χ4n) is 1.99. The first kappa shape index (κ1) is 15.5. The molecular weight excluding hydrogens is 288 g/mol. The molecule has 2 rings (SSSR count). The Morgan fingerprint density at radius 2 is 2.14 bits per heavy atom. The molecule has 0 aliphatic carbocycles. The van der Waals surface area contributed by atoms with Gasteiger partial charge in [0.05, 0.1) is 5.69 Å². The van der Waals surface area contributed by atoms with Crippen molar-refractivity contribution in [3.63, 3.8) is 0 Å². The molecule has 0 radical (unpaired) electrons. The lowest BCUT2D eigenvalue weighted by molar-refractivity contribution is 0.0821. The van der Waals surface area contributed by atoms with Crippen LogP contribution in [0.15, 0.2) is 30.5 Å². The van der Waals surface area contributed by atoms with E-state index in [1.807, 2.05) is 25.1 Å². The second kappa shape index (κ2) is 6.74. The van der Waals surface area contributed by atoms with Crippen LogP contribution in [0.5, 0.6) is 0 Å². The van der Waals surface area contributed by atoms with Gasteiger partial charge in [0.1, 0.15) is 0 Å². The van der Waals surface area contributed by atoms with Crippen LogP contribution in [-0.4, -0.2) is 41.2 Å². The van der Waals surface area contributed by atoms with E-state index in [9.17, 15) is 4.79 Å². The van der Waals surface area contributed by atoms with Gasteiger partial charge in [0.2, 0.25) is 0 Å². The van der Waals surface area contributed by atoms with E-state index in [0.717, 1.165) is 17.8 Å². The van der Waals surface area contributed by atoms with Crippen LogP contribution in [-0.2, 0) is 6.54 Å². The van der Waals surface area contributed by atoms with E-state index < -0.39 is 0 Å². The van der Waals surface area contributed by atoms with Crippen molar-refractivity contribution in [2.75, 3.05) is 20.6 Å². The van der Waals surface area contributed by atoms with Crippen LogP contribution in [0.25, 0.3) is 5.69 Å². The lowest BCUT2D eigenvalue weighted by Gasteiger charge is -2.12. The van der Waals surface area contributed by atoms with Crippen LogP contribution in [0.3, 0.4) is 0 Å². The molecule has 2 aromatic rings. The SMILES string of the molecule is CCNCc1c(Cl)cccc1-n1ccc(C(=O)N(C)C)n1. The van der Waals surface area contributed by atoms with Crippen molar-refractivity contribution in [3.8, 4) is 5.69 Å². The van der Waals surface area contributed by atoms with Gasteiger partial charge in [-0.15, -0.1) is 0 Å². The lowest BCUT2D eigenvalue weighted by Crippen LogP contribution is -2.22. The first-order valence-electron chi connectivity index (χ1n) is 6.80. The summed E-state index contributed by atoms with van der Waals surface area (Å²) in [7, 11) is 3.41. The Bertz CT molecular complexity index is 636. The molecule has 21 heavy (non-hydrogen) atoms. The molecule has 0 aliphatic heterocycles. The van der Waals surface area contributed by atoms with Crippen molar-refractivity contribution in [1.82, 2.24) is 20.0 Å². The van der Waals surface area contributed by atoms with Gasteiger partial charge in [-0.2, -0.15) is 5.10 Å². The van der Waals surface area contributed by atoms with E-state index in [1.54, 1.807) is 31.0 Å². The van der Waals surface area contributed by atoms with Crippen molar-refractivity contribution in [2.45, 2.75) is 13.5 Å². The van der Waals surface area contributed by atoms with Crippen LogP contribution in [0, 0.1) is 0 Å². The van der Waals surface area contributed by atoms with E-state index in [-0.39, 0.29) is 5.91 Å². The maximum Gasteiger partial charge on any atom is 0.273 e. The molecule has 6 heteroatoms. The summed E-state index contributed by atoms with van der Waals surface area (Å²) in [6.07, 6.45) is 1.78. The minimum Gasteiger partial charge on any atom is -0.343 e. The monoisotopic (exact) mass is 306 g/mol. The van der Waals surface area contributed by atoms with Crippen LogP contribution >= 0.6 is 11.6 Å². The summed E-state index contributed by atoms with van der Waals surface area (Å²) in [6.45, 7) is 3.55. The highest BCUT2D eigenvalue weighted by Crippen LogP contribution is 2.23. The zero-order valence-electron chi connectivity index (χ0n) is 12.4. The maximum atomic E-state index is 11.9. The Hall–Kier alpha value is -1.85. The van der Waals surface area contributed by atoms with Crippen LogP contribution in [0.1, 0.15) is 23.0 Å². The van der Waals surface area contributed by atoms with Crippen molar-refractivity contribution in [2.24, 2.45) is 0 Å². The fourth-order valence-corrected chi connectivity index (χ4v) is 2.22. The molecule has 1 aromatic heterocycles. The van der Waals surface area contributed by atoms with Crippen molar-refractivity contribution in [1.29, 1.82) is 0 Å². The van der Waals surface area contributed by atoms with E-state index in [0.29, 0.717) is 17.3 Å². The summed E-state index contributed by atoms with van der Waals surface area (Å²) in [4.78, 5) is 13.4. The minimum absolute atomic E-state index is 0.121. The number of aromatic nitrogens is 2. The number of nitrogens with zero attached hydrogens (tertiary/aromatic N) is 3. The summed E-state index contributed by atoms with van der Waals surface area (Å²) in [6, 6.07) is 7.38. The summed E-state index contributed by atoms with van der Waals surface area (Å²) in [5, 5.41) is 8.30. The Morgan fingerprint density at radius 3 is 2.81 bits per heavy atom. The number of hydrogen-bond acceptors (Lipinski definition) is 3. The highest BCUT2D eigenvalue weighted by Gasteiger charge is 2.14. The maximum absolute atomic E-state index is 11.9. The fraction of sp³-hybridized carbons (Fsp3) is 0.333. The topological polar surface area (TPSA) is 50.2 Å². The van der Waals surface area contributed by atoms with Gasteiger partial charge >= 0.3 is 0 Å². The van der Waals surface area contributed by atoms with E-state index in [4.69, 9.17) is 11.6 Å². The minimum atomic E-state index is -0.121. The van der Waals surface area contributed by atoms with Crippen molar-refractivity contribution < 1.29 is 4.79 Å². The van der Waals surface area contributed by atoms with E-state index in [2.05, 4.69) is 10.4 Å². The second-order valence-electron chi connectivity index (χ2n) is 4.86. The number of rotatable bonds is 5. The third-order valence-electron chi connectivity index (χ3n) is 3.11. The van der Waals surface area contributed by atoms with Gasteiger partial charge in [0.15, 0.2) is 5.69 Å². The Kier molecular flexibility index (Phi) is 4.98. The van der Waals surface area contributed by atoms with Gasteiger partial charge in [-0.25, -0.2) is 4.68 Å². The first-order valence-corrected chi connectivity index (χ1v) is 7.18. The van der Waals surface area contributed by atoms with Gasteiger partial charge in [-0.05, 0) is 24.7 Å². The molecule has 5 nitrogen and oxygen atoms in total. The molecule has 0 saturated heterocycles. The molecule has 112 valence electrons. The highest BCUT2D eigenvalue weighted by atomic mass is 35.5. The van der Waals surface area contributed by atoms with Gasteiger partial charge in [0.25, 0.3) is 5.91 Å². The zero-order chi connectivity index (χ0) is 15.4. The van der Waals surface area contributed by atoms with Crippen LogP contribution < -0.4 is 5.32 Å². The number of benzene rings is 1. The predicted octanol–water partition coefficient (Wildman–Crippen LogP) is 2.34. The molecule has 0 fully saturated rings. The molecule has 1 heterocycles. The highest BCUT2D eigenvalue weighted by molar-refractivity contribution is 6.31. The van der Waals surface area contributed by atoms with Gasteiger partial charge in [-0.3, -0.25) is 4.79 Å². The lowest BCUT2D eigenvalue weighted by atomic mass is 10.1. The van der Waals surface area contributed by atoms with Crippen molar-refractivity contribution in [3.05, 3.63) is 46.7 Å². The third-order valence-corrected chi connectivity index (χ3v) is 3.46. The molecule has 0 atom stereocenters. The molecule has 1 aromatic carbocycles. The smallest absolute Gasteiger partial charge is 0.273 e. The Balaban J connectivity index is 2.38. The summed E-state index contributed by atoms with van der Waals surface area (Å²) in [5.74, 6) is -0.121. The molecule has 0 spiro atoms. The average molecular weight is 307 g/mol. The third kappa shape index (κ3) is 3.43. The molecule has 1 N–H and O–H groups in total. The van der Waals surface area contributed by atoms with E-state index in [1.165, 1.54) is 4.90 Å². The quantitative estimate of drug-likeness (QED) is 0.922. The number of carbonyl (C=O) groups is 1. The number of nitrogens with one attached hydrogen (secondary N) is 1. The van der Waals surface area contributed by atoms with Crippen molar-refractivity contribution >= 4 is 17.5 Å². The number of hydrogen-bond donors (Lipinski definition) is 1. The molecular formula is C15H19ClN4O.